The van der Waals surface area contributed by atoms with Gasteiger partial charge in [0.1, 0.15) is 6.67 Å². The maximum absolute atomic E-state index is 12.1. The molecule has 0 aliphatic rings. The van der Waals surface area contributed by atoms with E-state index in [1.807, 2.05) is 37.1 Å². The summed E-state index contributed by atoms with van der Waals surface area (Å²) >= 11 is 3.45. The Morgan fingerprint density at radius 1 is 1.46 bits per heavy atom. The van der Waals surface area contributed by atoms with E-state index in [1.54, 1.807) is 0 Å². The third-order valence-corrected chi connectivity index (χ3v) is 2.87. The second-order valence-electron chi connectivity index (χ2n) is 3.04. The molecule has 0 saturated heterocycles. The molecule has 72 valence electrons. The second-order valence-corrected chi connectivity index (χ2v) is 3.90. The minimum atomic E-state index is -0.317. The molecule has 1 rings (SSSR count). The third kappa shape index (κ3) is 2.69. The first-order valence-corrected chi connectivity index (χ1v) is 4.97. The molecule has 1 nitrogen and oxygen atoms in total. The molecule has 0 amide bonds. The van der Waals surface area contributed by atoms with Gasteiger partial charge in [0.15, 0.2) is 0 Å². The van der Waals surface area contributed by atoms with Crippen molar-refractivity contribution in [3.63, 3.8) is 0 Å². The molecule has 0 atom stereocenters. The van der Waals surface area contributed by atoms with E-state index in [9.17, 15) is 4.39 Å². The van der Waals surface area contributed by atoms with Crippen LogP contribution in [0.1, 0.15) is 5.56 Å². The van der Waals surface area contributed by atoms with Crippen LogP contribution in [0.3, 0.4) is 0 Å². The Hall–Kier alpha value is -0.570. The summed E-state index contributed by atoms with van der Waals surface area (Å²) in [7, 11) is 1.89. The smallest absolute Gasteiger partial charge is 0.107 e. The standard InChI is InChI=1S/C10H13BrFN/c1-8-3-4-9(7-10(8)11)13(2)6-5-12/h3-4,7H,5-6H2,1-2H3. The van der Waals surface area contributed by atoms with Gasteiger partial charge in [-0.1, -0.05) is 22.0 Å². The molecule has 0 saturated carbocycles. The highest BCUT2D eigenvalue weighted by molar-refractivity contribution is 9.10. The van der Waals surface area contributed by atoms with E-state index in [0.29, 0.717) is 6.54 Å². The molecule has 0 unspecified atom stereocenters. The van der Waals surface area contributed by atoms with Gasteiger partial charge in [-0.05, 0) is 24.6 Å². The number of rotatable bonds is 3. The Kier molecular flexibility index (Phi) is 3.72. The Bertz CT molecular complexity index is 288. The number of nitrogens with zero attached hydrogens (tertiary/aromatic N) is 1. The second kappa shape index (κ2) is 4.61. The van der Waals surface area contributed by atoms with Crippen molar-refractivity contribution >= 4 is 21.6 Å². The number of benzene rings is 1. The predicted octanol–water partition coefficient (Wildman–Crippen LogP) is 3.16. The molecule has 0 heterocycles. The van der Waals surface area contributed by atoms with Gasteiger partial charge in [0.05, 0.1) is 0 Å². The summed E-state index contributed by atoms with van der Waals surface area (Å²) in [6.07, 6.45) is 0. The van der Waals surface area contributed by atoms with Crippen molar-refractivity contribution in [3.05, 3.63) is 28.2 Å². The van der Waals surface area contributed by atoms with Gasteiger partial charge in [0, 0.05) is 23.8 Å². The summed E-state index contributed by atoms with van der Waals surface area (Å²) in [6.45, 7) is 2.15. The van der Waals surface area contributed by atoms with Gasteiger partial charge in [-0.3, -0.25) is 0 Å². The SMILES string of the molecule is Cc1ccc(N(C)CCF)cc1Br. The fourth-order valence-corrected chi connectivity index (χ4v) is 1.44. The molecular formula is C10H13BrFN. The highest BCUT2D eigenvalue weighted by Crippen LogP contribution is 2.22. The summed E-state index contributed by atoms with van der Waals surface area (Å²) in [6, 6.07) is 6.02. The highest BCUT2D eigenvalue weighted by Gasteiger charge is 2.01. The van der Waals surface area contributed by atoms with Gasteiger partial charge < -0.3 is 4.90 Å². The van der Waals surface area contributed by atoms with Gasteiger partial charge >= 0.3 is 0 Å². The quantitative estimate of drug-likeness (QED) is 0.791. The summed E-state index contributed by atoms with van der Waals surface area (Å²) in [4.78, 5) is 1.89. The highest BCUT2D eigenvalue weighted by atomic mass is 79.9. The van der Waals surface area contributed by atoms with Crippen molar-refractivity contribution in [3.8, 4) is 0 Å². The molecule has 1 aromatic rings. The molecule has 0 N–H and O–H groups in total. The van der Waals surface area contributed by atoms with Crippen LogP contribution >= 0.6 is 15.9 Å². The fourth-order valence-electron chi connectivity index (χ4n) is 1.08. The molecule has 0 radical (unpaired) electrons. The van der Waals surface area contributed by atoms with Gasteiger partial charge in [-0.15, -0.1) is 0 Å². The van der Waals surface area contributed by atoms with Crippen molar-refractivity contribution in [1.29, 1.82) is 0 Å². The Labute approximate surface area is 86.7 Å². The van der Waals surface area contributed by atoms with E-state index in [4.69, 9.17) is 0 Å². The van der Waals surface area contributed by atoms with Crippen LogP contribution in [0, 0.1) is 6.92 Å². The lowest BCUT2D eigenvalue weighted by atomic mass is 10.2. The average Bonchev–Trinajstić information content (AvgIpc) is 2.10. The summed E-state index contributed by atoms with van der Waals surface area (Å²) in [5.74, 6) is 0. The Morgan fingerprint density at radius 2 is 2.15 bits per heavy atom. The van der Waals surface area contributed by atoms with E-state index in [2.05, 4.69) is 15.9 Å². The van der Waals surface area contributed by atoms with Crippen molar-refractivity contribution in [2.75, 3.05) is 25.2 Å². The van der Waals surface area contributed by atoms with Crippen molar-refractivity contribution in [1.82, 2.24) is 0 Å². The minimum Gasteiger partial charge on any atom is -0.372 e. The summed E-state index contributed by atoms with van der Waals surface area (Å²) < 4.78 is 13.1. The molecule has 0 aliphatic heterocycles. The number of hydrogen-bond acceptors (Lipinski definition) is 1. The summed E-state index contributed by atoms with van der Waals surface area (Å²) in [5.41, 5.74) is 2.23. The van der Waals surface area contributed by atoms with Gasteiger partial charge in [0.2, 0.25) is 0 Å². The first-order valence-electron chi connectivity index (χ1n) is 4.18. The van der Waals surface area contributed by atoms with Gasteiger partial charge in [-0.25, -0.2) is 4.39 Å². The monoisotopic (exact) mass is 245 g/mol. The number of anilines is 1. The van der Waals surface area contributed by atoms with Crippen molar-refractivity contribution < 1.29 is 4.39 Å². The van der Waals surface area contributed by atoms with E-state index < -0.39 is 0 Å². The van der Waals surface area contributed by atoms with Crippen LogP contribution in [0.15, 0.2) is 22.7 Å². The van der Waals surface area contributed by atoms with Crippen LogP contribution in [-0.2, 0) is 0 Å². The normalized spacial score (nSPS) is 10.2. The number of hydrogen-bond donors (Lipinski definition) is 0. The van der Waals surface area contributed by atoms with E-state index in [0.717, 1.165) is 10.2 Å². The van der Waals surface area contributed by atoms with Gasteiger partial charge in [0.25, 0.3) is 0 Å². The lowest BCUT2D eigenvalue weighted by Gasteiger charge is -2.17. The van der Waals surface area contributed by atoms with Crippen molar-refractivity contribution in [2.45, 2.75) is 6.92 Å². The van der Waals surface area contributed by atoms with E-state index in [1.165, 1.54) is 5.56 Å². The molecule has 0 aromatic heterocycles. The fraction of sp³-hybridized carbons (Fsp3) is 0.400. The molecule has 13 heavy (non-hydrogen) atoms. The van der Waals surface area contributed by atoms with E-state index in [-0.39, 0.29) is 6.67 Å². The lowest BCUT2D eigenvalue weighted by Crippen LogP contribution is -2.19. The zero-order chi connectivity index (χ0) is 9.84. The van der Waals surface area contributed by atoms with E-state index >= 15 is 0 Å². The minimum absolute atomic E-state index is 0.317. The molecule has 0 aliphatic carbocycles. The Morgan fingerprint density at radius 3 is 2.69 bits per heavy atom. The van der Waals surface area contributed by atoms with Crippen LogP contribution in [0.2, 0.25) is 0 Å². The topological polar surface area (TPSA) is 3.24 Å². The van der Waals surface area contributed by atoms with Crippen LogP contribution in [0.25, 0.3) is 0 Å². The van der Waals surface area contributed by atoms with Crippen LogP contribution in [0.5, 0.6) is 0 Å². The molecule has 3 heteroatoms. The zero-order valence-corrected chi connectivity index (χ0v) is 9.44. The maximum atomic E-state index is 12.1. The number of halogens is 2. The van der Waals surface area contributed by atoms with Crippen LogP contribution in [-0.4, -0.2) is 20.3 Å². The van der Waals surface area contributed by atoms with Crippen molar-refractivity contribution in [2.24, 2.45) is 0 Å². The first-order chi connectivity index (χ1) is 6.15. The van der Waals surface area contributed by atoms with Gasteiger partial charge in [-0.2, -0.15) is 0 Å². The van der Waals surface area contributed by atoms with Crippen LogP contribution < -0.4 is 4.90 Å². The first kappa shape index (κ1) is 10.5. The number of alkyl halides is 1. The molecule has 1 aromatic carbocycles. The Balaban J connectivity index is 2.84. The third-order valence-electron chi connectivity index (χ3n) is 2.02. The summed E-state index contributed by atoms with van der Waals surface area (Å²) in [5, 5.41) is 0. The van der Waals surface area contributed by atoms with Crippen LogP contribution in [0.4, 0.5) is 10.1 Å². The maximum Gasteiger partial charge on any atom is 0.107 e. The molecule has 0 bridgehead atoms. The zero-order valence-electron chi connectivity index (χ0n) is 7.85. The molecule has 0 fully saturated rings. The lowest BCUT2D eigenvalue weighted by molar-refractivity contribution is 0.497. The average molecular weight is 246 g/mol. The predicted molar refractivity (Wildman–Crippen MR) is 58.1 cm³/mol. The largest absolute Gasteiger partial charge is 0.372 e. The number of aryl methyl sites for hydroxylation is 1. The molecule has 0 spiro atoms. The molecular weight excluding hydrogens is 233 g/mol.